The zero-order chi connectivity index (χ0) is 24.4. The summed E-state index contributed by atoms with van der Waals surface area (Å²) >= 11 is 0. The Hall–Kier alpha value is -0.547. The molecule has 32 heavy (non-hydrogen) atoms. The summed E-state index contributed by atoms with van der Waals surface area (Å²) in [7, 11) is 0. The van der Waals surface area contributed by atoms with E-state index < -0.39 is 53.9 Å². The van der Waals surface area contributed by atoms with E-state index in [2.05, 4.69) is 0 Å². The zero-order valence-corrected chi connectivity index (χ0v) is 22.9. The molecule has 0 aliphatic heterocycles. The largest absolute Gasteiger partial charge is 3.00 e. The molecule has 0 aliphatic carbocycles. The molecule has 0 saturated heterocycles. The molecule has 0 bridgehead atoms. The van der Waals surface area contributed by atoms with Crippen LogP contribution in [-0.2, 0) is 28.8 Å². The van der Waals surface area contributed by atoms with Crippen LogP contribution in [0.25, 0.3) is 0 Å². The van der Waals surface area contributed by atoms with Gasteiger partial charge in [-0.3, -0.25) is 0 Å². The molecule has 0 heterocycles. The molecule has 0 aromatic carbocycles. The Morgan fingerprint density at radius 1 is 0.469 bits per heavy atom. The molecule has 0 aromatic rings. The van der Waals surface area contributed by atoms with Gasteiger partial charge < -0.3 is 76.6 Å². The number of aliphatic carboxylic acids is 6. The van der Waals surface area contributed by atoms with Crippen molar-refractivity contribution in [2.75, 3.05) is 0 Å². The quantitative estimate of drug-likeness (QED) is 0.169. The van der Waals surface area contributed by atoms with Crippen molar-refractivity contribution in [1.82, 2.24) is 0 Å². The van der Waals surface area contributed by atoms with Crippen molar-refractivity contribution in [2.45, 2.75) is 56.7 Å². The van der Waals surface area contributed by atoms with Gasteiger partial charge >= 0.3 is 83.5 Å². The summed E-state index contributed by atoms with van der Waals surface area (Å²) < 4.78 is 0. The van der Waals surface area contributed by atoms with Crippen molar-refractivity contribution in [3.8, 4) is 0 Å². The van der Waals surface area contributed by atoms with Crippen LogP contribution in [0.4, 0.5) is 0 Å². The number of nitrogens with two attached hydrogens (primary N) is 3. The van der Waals surface area contributed by atoms with Crippen LogP contribution in [-0.4, -0.2) is 53.9 Å². The summed E-state index contributed by atoms with van der Waals surface area (Å²) in [4.78, 5) is 58.8. The maximum absolute atomic E-state index is 9.86. The maximum Gasteiger partial charge on any atom is 3.00 e. The molecule has 0 aromatic heterocycles. The molecule has 0 rings (SSSR count). The molecule has 0 fully saturated rings. The normalized spacial score (nSPS) is 11.7. The van der Waals surface area contributed by atoms with E-state index >= 15 is 0 Å². The van der Waals surface area contributed by atoms with Gasteiger partial charge in [0.05, 0.1) is 17.9 Å². The van der Waals surface area contributed by atoms with Gasteiger partial charge in [-0.1, -0.05) is 0 Å². The van der Waals surface area contributed by atoms with E-state index in [1.165, 1.54) is 0 Å². The van der Waals surface area contributed by atoms with Crippen molar-refractivity contribution in [2.24, 2.45) is 17.2 Å². The van der Waals surface area contributed by atoms with Crippen LogP contribution in [0.3, 0.4) is 0 Å². The van der Waals surface area contributed by atoms with Crippen LogP contribution < -0.4 is 47.8 Å². The van der Waals surface area contributed by atoms with E-state index in [1.54, 1.807) is 0 Å². The number of carboxylic acids is 6. The third-order valence-corrected chi connectivity index (χ3v) is 2.89. The Balaban J connectivity index is -0.000000110. The summed E-state index contributed by atoms with van der Waals surface area (Å²) in [6.45, 7) is 0. The average molecular weight is 716 g/mol. The Labute approximate surface area is 249 Å². The van der Waals surface area contributed by atoms with Gasteiger partial charge in [0.2, 0.25) is 0 Å². The fourth-order valence-corrected chi connectivity index (χ4v) is 1.17. The monoisotopic (exact) mass is 715 g/mol. The van der Waals surface area contributed by atoms with Crippen molar-refractivity contribution in [1.29, 1.82) is 0 Å². The second-order valence-corrected chi connectivity index (χ2v) is 5.51. The van der Waals surface area contributed by atoms with Gasteiger partial charge in [-0.25, -0.2) is 0 Å². The van der Waals surface area contributed by atoms with E-state index in [0.29, 0.717) is 0 Å². The molecule has 2 radical (unpaired) electrons. The van der Waals surface area contributed by atoms with E-state index in [9.17, 15) is 59.4 Å². The van der Waals surface area contributed by atoms with E-state index in [-0.39, 0.29) is 122 Å². The molecule has 6 N–H and O–H groups in total. The zero-order valence-electron chi connectivity index (χ0n) is 16.6. The molecule has 0 amide bonds. The summed E-state index contributed by atoms with van der Waals surface area (Å²) in [6.07, 6.45) is -1.50. The summed E-state index contributed by atoms with van der Waals surface area (Å²) in [5.74, 6) is -8.26. The Kier molecular flexibility index (Phi) is 32.7. The smallest absolute Gasteiger partial charge is 0.550 e. The van der Waals surface area contributed by atoms with Gasteiger partial charge in [0, 0.05) is 36.0 Å². The molecule has 0 saturated carbocycles. The number of hydrogen-bond acceptors (Lipinski definition) is 15. The van der Waals surface area contributed by atoms with Crippen LogP contribution in [0.15, 0.2) is 0 Å². The minimum absolute atomic E-state index is 0. The molecule has 0 unspecified atom stereocenters. The van der Waals surface area contributed by atoms with Crippen molar-refractivity contribution in [3.05, 3.63) is 0 Å². The topological polar surface area (TPSA) is 319 Å². The SMILES string of the molecule is N[C@@H](CCC(=O)[O-])C(=O)[O-].N[C@@H](CCC(=O)[O-])C(=O)[O-].N[C@@H](CCC(=O)[O-])C(=O)[O-].[Ce+3].[Ce+3]. The number of carbonyl (C=O) groups excluding carboxylic acids is 6. The van der Waals surface area contributed by atoms with Gasteiger partial charge in [0.1, 0.15) is 0 Å². The third-order valence-electron chi connectivity index (χ3n) is 2.89. The first-order valence-electron chi connectivity index (χ1n) is 8.10. The Morgan fingerprint density at radius 3 is 0.719 bits per heavy atom. The van der Waals surface area contributed by atoms with E-state index in [0.717, 1.165) is 0 Å². The molecule has 0 aliphatic rings. The van der Waals surface area contributed by atoms with Gasteiger partial charge in [-0.2, -0.15) is 0 Å². The van der Waals surface area contributed by atoms with Crippen molar-refractivity contribution < 1.29 is 143 Å². The van der Waals surface area contributed by atoms with Crippen LogP contribution in [0.2, 0.25) is 0 Å². The van der Waals surface area contributed by atoms with Gasteiger partial charge in [0.25, 0.3) is 0 Å². The minimum Gasteiger partial charge on any atom is -0.550 e. The van der Waals surface area contributed by atoms with Crippen molar-refractivity contribution in [3.63, 3.8) is 0 Å². The average Bonchev–Trinajstić information content (AvgIpc) is 2.62. The Bertz CT molecular complexity index is 525. The number of carbonyl (C=O) groups is 6. The standard InChI is InChI=1S/3C5H9NO4.2Ce/c3*6-3(5(9)10)1-2-4(7)8;;/h3*3H,1-2,6H2,(H,7,8)(H,9,10);;/q;;;2*+3/p-6/t3*3-;;/m000../s1. The fraction of sp³-hybridized carbons (Fsp3) is 0.600. The predicted octanol–water partition coefficient (Wildman–Crippen LogP) is -10.2. The van der Waals surface area contributed by atoms with Crippen LogP contribution in [0, 0.1) is 83.5 Å². The number of rotatable bonds is 12. The first kappa shape index (κ1) is 41.7. The maximum atomic E-state index is 9.86. The van der Waals surface area contributed by atoms with Crippen LogP contribution in [0.5, 0.6) is 0 Å². The fourth-order valence-electron chi connectivity index (χ4n) is 1.17. The van der Waals surface area contributed by atoms with Gasteiger partial charge in [-0.05, 0) is 38.5 Å². The Morgan fingerprint density at radius 2 is 0.625 bits per heavy atom. The molecule has 0 spiro atoms. The summed E-state index contributed by atoms with van der Waals surface area (Å²) in [5, 5.41) is 58.8. The van der Waals surface area contributed by atoms with E-state index in [1.807, 2.05) is 0 Å². The molecule has 15 nitrogen and oxygen atoms in total. The van der Waals surface area contributed by atoms with E-state index in [4.69, 9.17) is 17.2 Å². The predicted molar refractivity (Wildman–Crippen MR) is 81.7 cm³/mol. The van der Waals surface area contributed by atoms with Gasteiger partial charge in [-0.15, -0.1) is 0 Å². The summed E-state index contributed by atoms with van der Waals surface area (Å²) in [5.41, 5.74) is 14.7. The second-order valence-electron chi connectivity index (χ2n) is 5.51. The first-order chi connectivity index (χ1) is 13.6. The molecule has 3 atom stereocenters. The number of hydrogen-bond donors (Lipinski definition) is 3. The van der Waals surface area contributed by atoms with Crippen LogP contribution in [0.1, 0.15) is 38.5 Å². The van der Waals surface area contributed by atoms with Crippen molar-refractivity contribution >= 4 is 35.8 Å². The first-order valence-corrected chi connectivity index (χ1v) is 8.10. The van der Waals surface area contributed by atoms with Gasteiger partial charge in [0.15, 0.2) is 0 Å². The molecule has 176 valence electrons. The molecular formula is C15H21Ce2N3O12. The van der Waals surface area contributed by atoms with Crippen LogP contribution >= 0.6 is 0 Å². The molecular weight excluding hydrogens is 694 g/mol. The molecule has 17 heteroatoms. The summed E-state index contributed by atoms with van der Waals surface area (Å²) in [6, 6.07) is -3.63. The minimum atomic E-state index is -1.44. The third kappa shape index (κ3) is 34.1. The second kappa shape index (κ2) is 25.1. The number of carboxylic acid groups (broad SMARTS) is 6.